The van der Waals surface area contributed by atoms with E-state index in [4.69, 9.17) is 9.72 Å². The number of rotatable bonds is 12. The minimum absolute atomic E-state index is 0.110. The Kier molecular flexibility index (Phi) is 12.2. The molecule has 4 aliphatic rings. The second kappa shape index (κ2) is 18.5. The molecule has 16 heteroatoms. The molecule has 7 heterocycles. The maximum atomic E-state index is 14.0. The Balaban J connectivity index is 0.891. The highest BCUT2D eigenvalue weighted by atomic mass is 16.5. The van der Waals surface area contributed by atoms with Crippen molar-refractivity contribution in [3.8, 4) is 34.0 Å². The second-order valence-electron chi connectivity index (χ2n) is 19.3. The zero-order valence-corrected chi connectivity index (χ0v) is 40.6. The van der Waals surface area contributed by atoms with E-state index in [0.29, 0.717) is 43.4 Å². The number of piperidine rings is 2. The molecule has 0 bridgehead atoms. The first kappa shape index (κ1) is 46.3. The summed E-state index contributed by atoms with van der Waals surface area (Å²) in [5, 5.41) is 6.73. The number of nitrogens with zero attached hydrogens (tertiary/aromatic N) is 9. The van der Waals surface area contributed by atoms with Crippen molar-refractivity contribution in [1.82, 2.24) is 34.5 Å². The van der Waals surface area contributed by atoms with Gasteiger partial charge in [-0.2, -0.15) is 0 Å². The van der Waals surface area contributed by atoms with Gasteiger partial charge < -0.3 is 9.64 Å². The Bertz CT molecular complexity index is 3100. The van der Waals surface area contributed by atoms with Crippen LogP contribution in [0.2, 0.25) is 0 Å². The number of imide groups is 1. The van der Waals surface area contributed by atoms with Crippen LogP contribution in [-0.2, 0) is 39.7 Å². The lowest BCUT2D eigenvalue weighted by Crippen LogP contribution is -2.55. The van der Waals surface area contributed by atoms with Gasteiger partial charge in [0.25, 0.3) is 0 Å². The Morgan fingerprint density at radius 3 is 2.29 bits per heavy atom. The standard InChI is InChI=1S/C54H58N10O6/c1-7-40-42(21-25-55-48(40)62-30-29-61(53(62)69)39-16-11-33(2)56-32-39)41-18-17-38(63-51(70-6)58-59(5)52(63)68)31-43(41)36-14-12-34(13-15-36)35-22-26-60(27-23-35)28-24-37-9-8-10-44-47(37)54(3,4)50(67)64(44)45-19-20-46(65)57-49(45)66/h8-18,21,25,31-32,35,45H,7,19-20,22-24,26-30H2,1-6H3,(H,57,65,66). The number of amides is 5. The maximum absolute atomic E-state index is 14.0. The summed E-state index contributed by atoms with van der Waals surface area (Å²) < 4.78 is 8.28. The number of carbonyl (C=O) groups excluding carboxylic acids is 4. The molecule has 3 fully saturated rings. The van der Waals surface area contributed by atoms with E-state index in [0.717, 1.165) is 94.9 Å². The smallest absolute Gasteiger partial charge is 0.353 e. The lowest BCUT2D eigenvalue weighted by atomic mass is 9.82. The number of nitrogens with one attached hydrogen (secondary N) is 1. The number of carbonyl (C=O) groups is 4. The number of aryl methyl sites for hydroxylation is 2. The molecule has 1 atom stereocenters. The van der Waals surface area contributed by atoms with Crippen LogP contribution >= 0.6 is 0 Å². The van der Waals surface area contributed by atoms with Crippen molar-refractivity contribution in [1.29, 1.82) is 0 Å². The largest absolute Gasteiger partial charge is 0.467 e. The van der Waals surface area contributed by atoms with Gasteiger partial charge in [-0.05, 0) is 147 Å². The van der Waals surface area contributed by atoms with Gasteiger partial charge in [0.2, 0.25) is 17.7 Å². The molecule has 4 aliphatic heterocycles. The predicted molar refractivity (Wildman–Crippen MR) is 268 cm³/mol. The number of hydrogen-bond donors (Lipinski definition) is 1. The quantitative estimate of drug-likeness (QED) is 0.128. The highest BCUT2D eigenvalue weighted by Gasteiger charge is 2.50. The summed E-state index contributed by atoms with van der Waals surface area (Å²) in [4.78, 5) is 83.0. The molecule has 1 N–H and O–H groups in total. The highest BCUT2D eigenvalue weighted by molar-refractivity contribution is 6.14. The number of urea groups is 1. The predicted octanol–water partition coefficient (Wildman–Crippen LogP) is 6.87. The molecule has 1 unspecified atom stereocenters. The lowest BCUT2D eigenvalue weighted by Gasteiger charge is -2.32. The van der Waals surface area contributed by atoms with E-state index in [1.165, 1.54) is 21.9 Å². The van der Waals surface area contributed by atoms with Gasteiger partial charge in [-0.1, -0.05) is 49.4 Å². The average Bonchev–Trinajstić information content (AvgIpc) is 3.96. The number of aromatic nitrogens is 5. The summed E-state index contributed by atoms with van der Waals surface area (Å²) in [5.74, 6) is 0.169. The van der Waals surface area contributed by atoms with Gasteiger partial charge >= 0.3 is 17.7 Å². The van der Waals surface area contributed by atoms with Gasteiger partial charge in [-0.3, -0.25) is 39.4 Å². The maximum Gasteiger partial charge on any atom is 0.353 e. The van der Waals surface area contributed by atoms with Gasteiger partial charge in [0.05, 0.1) is 30.1 Å². The molecule has 360 valence electrons. The van der Waals surface area contributed by atoms with Crippen LogP contribution in [0.3, 0.4) is 0 Å². The Hall–Kier alpha value is -7.46. The van der Waals surface area contributed by atoms with E-state index < -0.39 is 17.4 Å². The van der Waals surface area contributed by atoms with Crippen LogP contribution in [0.15, 0.2) is 96.1 Å². The molecular weight excluding hydrogens is 885 g/mol. The molecular formula is C54H58N10O6. The third-order valence-electron chi connectivity index (χ3n) is 14.8. The van der Waals surface area contributed by atoms with E-state index >= 15 is 0 Å². The molecule has 0 saturated carbocycles. The molecule has 5 amide bonds. The van der Waals surface area contributed by atoms with Crippen LogP contribution in [0.4, 0.5) is 22.0 Å². The van der Waals surface area contributed by atoms with Crippen LogP contribution < -0.4 is 30.4 Å². The minimum atomic E-state index is -0.797. The summed E-state index contributed by atoms with van der Waals surface area (Å²) >= 11 is 0. The Labute approximate surface area is 406 Å². The van der Waals surface area contributed by atoms with Gasteiger partial charge in [-0.25, -0.2) is 23.8 Å². The molecule has 0 aliphatic carbocycles. The van der Waals surface area contributed by atoms with Crippen molar-refractivity contribution in [3.05, 3.63) is 130 Å². The van der Waals surface area contributed by atoms with E-state index in [1.807, 2.05) is 69.3 Å². The summed E-state index contributed by atoms with van der Waals surface area (Å²) in [7, 11) is 3.10. The van der Waals surface area contributed by atoms with E-state index in [9.17, 15) is 24.0 Å². The van der Waals surface area contributed by atoms with Crippen LogP contribution in [0.5, 0.6) is 6.01 Å². The van der Waals surface area contributed by atoms with Crippen LogP contribution in [-0.4, -0.2) is 98.8 Å². The van der Waals surface area contributed by atoms with E-state index in [1.54, 1.807) is 34.1 Å². The Morgan fingerprint density at radius 1 is 0.814 bits per heavy atom. The zero-order valence-electron chi connectivity index (χ0n) is 40.6. The third kappa shape index (κ3) is 8.12. The minimum Gasteiger partial charge on any atom is -0.467 e. The average molecular weight is 943 g/mol. The number of likely N-dealkylation sites (tertiary alicyclic amines) is 1. The molecule has 3 saturated heterocycles. The molecule has 0 spiro atoms. The lowest BCUT2D eigenvalue weighted by molar-refractivity contribution is -0.136. The van der Waals surface area contributed by atoms with Crippen LogP contribution in [0.1, 0.15) is 80.3 Å². The third-order valence-corrected chi connectivity index (χ3v) is 14.8. The van der Waals surface area contributed by atoms with Gasteiger partial charge in [0.15, 0.2) is 0 Å². The number of fused-ring (bicyclic) bond motifs is 1. The molecule has 3 aromatic heterocycles. The summed E-state index contributed by atoms with van der Waals surface area (Å²) in [6.07, 6.45) is 7.42. The van der Waals surface area contributed by atoms with Crippen molar-refractivity contribution in [3.63, 3.8) is 0 Å². The fourth-order valence-corrected chi connectivity index (χ4v) is 11.0. The zero-order chi connectivity index (χ0) is 49.0. The monoisotopic (exact) mass is 942 g/mol. The fourth-order valence-electron chi connectivity index (χ4n) is 11.0. The van der Waals surface area contributed by atoms with Crippen molar-refractivity contribution >= 4 is 40.9 Å². The first-order chi connectivity index (χ1) is 33.8. The van der Waals surface area contributed by atoms with E-state index in [2.05, 4.69) is 57.6 Å². The number of pyridine rings is 2. The first-order valence-corrected chi connectivity index (χ1v) is 24.2. The van der Waals surface area contributed by atoms with Gasteiger partial charge in [0.1, 0.15) is 11.9 Å². The summed E-state index contributed by atoms with van der Waals surface area (Å²) in [6, 6.07) is 25.9. The van der Waals surface area contributed by atoms with Crippen molar-refractivity contribution in [2.45, 2.75) is 83.6 Å². The molecule has 3 aromatic carbocycles. The highest BCUT2D eigenvalue weighted by Crippen LogP contribution is 2.46. The second-order valence-corrected chi connectivity index (χ2v) is 19.3. The van der Waals surface area contributed by atoms with Crippen LogP contribution in [0, 0.1) is 6.92 Å². The fraction of sp³-hybridized carbons (Fsp3) is 0.370. The number of hydrogen-bond acceptors (Lipinski definition) is 10. The van der Waals surface area contributed by atoms with Gasteiger partial charge in [0, 0.05) is 56.2 Å². The Morgan fingerprint density at radius 2 is 1.57 bits per heavy atom. The summed E-state index contributed by atoms with van der Waals surface area (Å²) in [6.45, 7) is 11.6. The number of benzene rings is 3. The van der Waals surface area contributed by atoms with Crippen molar-refractivity contribution < 1.29 is 23.9 Å². The number of ether oxygens (including phenoxy) is 1. The molecule has 0 radical (unpaired) electrons. The molecule has 70 heavy (non-hydrogen) atoms. The SMILES string of the molecule is CCc1c(-c2ccc(-n3c(OC)nn(C)c3=O)cc2-c2ccc(C3CCN(CCc4cccc5c4C(C)(C)C(=O)N5C4CCC(=O)NC4=O)CC3)cc2)ccnc1N1CCN(c2ccc(C)nc2)C1=O. The van der Waals surface area contributed by atoms with Gasteiger partial charge in [-0.15, -0.1) is 5.10 Å². The first-order valence-electron chi connectivity index (χ1n) is 24.2. The summed E-state index contributed by atoms with van der Waals surface area (Å²) in [5.41, 5.74) is 9.93. The number of methoxy groups -OCH3 is 1. The molecule has 16 nitrogen and oxygen atoms in total. The molecule has 6 aromatic rings. The molecule has 10 rings (SSSR count). The normalized spacial score (nSPS) is 18.5. The van der Waals surface area contributed by atoms with E-state index in [-0.39, 0.29) is 36.0 Å². The van der Waals surface area contributed by atoms with Crippen molar-refractivity contribution in [2.75, 3.05) is 54.5 Å². The van der Waals surface area contributed by atoms with Crippen LogP contribution in [0.25, 0.3) is 27.9 Å². The number of anilines is 3. The van der Waals surface area contributed by atoms with Crippen molar-refractivity contribution in [2.24, 2.45) is 7.05 Å². The topological polar surface area (TPSA) is 168 Å².